The van der Waals surface area contributed by atoms with E-state index in [9.17, 15) is 18.0 Å². The lowest BCUT2D eigenvalue weighted by molar-refractivity contribution is -0.121. The maximum atomic E-state index is 12.5. The van der Waals surface area contributed by atoms with E-state index in [1.165, 1.54) is 17.7 Å². The number of rotatable bonds is 5. The minimum atomic E-state index is -3.98. The van der Waals surface area contributed by atoms with Crippen LogP contribution in [0.2, 0.25) is 0 Å². The predicted octanol–water partition coefficient (Wildman–Crippen LogP) is 2.83. The van der Waals surface area contributed by atoms with Crippen LogP contribution in [0.25, 0.3) is 0 Å². The third kappa shape index (κ3) is 3.60. The average molecular weight is 386 g/mol. The highest BCUT2D eigenvalue weighted by Gasteiger charge is 2.41. The fraction of sp³-hybridized carbons (Fsp3) is 0.300. The summed E-state index contributed by atoms with van der Waals surface area (Å²) in [6.07, 6.45) is 0. The molecule has 0 radical (unpaired) electrons. The molecule has 1 N–H and O–H groups in total. The number of hydrogen-bond donors (Lipinski definition) is 1. The number of fused-ring (bicyclic) bond motifs is 1. The largest absolute Gasteiger partial charge is 0.348 e. The maximum absolute atomic E-state index is 12.5. The Hall–Kier alpha value is -2.67. The van der Waals surface area contributed by atoms with E-state index in [-0.39, 0.29) is 16.5 Å². The number of nitrogens with one attached hydrogen (secondary N) is 1. The van der Waals surface area contributed by atoms with E-state index < -0.39 is 28.4 Å². The minimum Gasteiger partial charge on any atom is -0.348 e. The summed E-state index contributed by atoms with van der Waals surface area (Å²) < 4.78 is 25.7. The Morgan fingerprint density at radius 2 is 1.59 bits per heavy atom. The van der Waals surface area contributed by atoms with Gasteiger partial charge in [0.25, 0.3) is 15.9 Å². The molecule has 0 fully saturated rings. The van der Waals surface area contributed by atoms with Crippen LogP contribution in [0.1, 0.15) is 54.2 Å². The summed E-state index contributed by atoms with van der Waals surface area (Å²) in [6.45, 7) is 5.49. The summed E-state index contributed by atoms with van der Waals surface area (Å²) in [5.74, 6) is -0.785. The Balaban J connectivity index is 1.70. The predicted molar refractivity (Wildman–Crippen MR) is 102 cm³/mol. The van der Waals surface area contributed by atoms with Crippen molar-refractivity contribution in [1.29, 1.82) is 0 Å². The Labute approximate surface area is 159 Å². The second-order valence-corrected chi connectivity index (χ2v) is 8.75. The molecule has 2 amide bonds. The van der Waals surface area contributed by atoms with Gasteiger partial charge in [0.15, 0.2) is 0 Å². The van der Waals surface area contributed by atoms with Gasteiger partial charge in [-0.3, -0.25) is 9.59 Å². The summed E-state index contributed by atoms with van der Waals surface area (Å²) >= 11 is 0. The third-order valence-corrected chi connectivity index (χ3v) is 6.47. The lowest BCUT2D eigenvalue weighted by atomic mass is 9.99. The monoisotopic (exact) mass is 386 g/mol. The van der Waals surface area contributed by atoms with Crippen molar-refractivity contribution in [2.45, 2.75) is 37.6 Å². The molecule has 0 aromatic heterocycles. The van der Waals surface area contributed by atoms with Gasteiger partial charge in [0.05, 0.1) is 11.6 Å². The number of nitrogens with zero attached hydrogens (tertiary/aromatic N) is 1. The molecule has 0 saturated heterocycles. The Bertz CT molecular complexity index is 981. The standard InChI is InChI=1S/C20H22N2O4S/c1-13(2)15-8-10-16(11-9-15)14(3)21-19(23)12-22-20(24)17-6-4-5-7-18(17)27(22,25)26/h4-11,13-14H,12H2,1-3H3,(H,21,23). The summed E-state index contributed by atoms with van der Waals surface area (Å²) in [5.41, 5.74) is 2.21. The van der Waals surface area contributed by atoms with Crippen molar-refractivity contribution in [3.8, 4) is 0 Å². The average Bonchev–Trinajstić information content (AvgIpc) is 2.83. The molecule has 0 aliphatic carbocycles. The van der Waals surface area contributed by atoms with Crippen molar-refractivity contribution in [2.75, 3.05) is 6.54 Å². The Morgan fingerprint density at radius 1 is 1.00 bits per heavy atom. The van der Waals surface area contributed by atoms with E-state index in [0.717, 1.165) is 5.56 Å². The van der Waals surface area contributed by atoms with Crippen LogP contribution in [0.15, 0.2) is 53.4 Å². The van der Waals surface area contributed by atoms with E-state index in [0.29, 0.717) is 10.2 Å². The van der Waals surface area contributed by atoms with Gasteiger partial charge in [-0.1, -0.05) is 50.2 Å². The van der Waals surface area contributed by atoms with Crippen molar-refractivity contribution in [1.82, 2.24) is 9.62 Å². The van der Waals surface area contributed by atoms with Gasteiger partial charge in [0.2, 0.25) is 5.91 Å². The van der Waals surface area contributed by atoms with Gasteiger partial charge in [-0.25, -0.2) is 12.7 Å². The molecule has 1 aliphatic rings. The second kappa shape index (κ2) is 7.15. The molecular weight excluding hydrogens is 364 g/mol. The van der Waals surface area contributed by atoms with Gasteiger partial charge >= 0.3 is 0 Å². The SMILES string of the molecule is CC(C)c1ccc(C(C)NC(=O)CN2C(=O)c3ccccc3S2(=O)=O)cc1. The van der Waals surface area contributed by atoms with Crippen LogP contribution in [-0.4, -0.2) is 31.1 Å². The molecule has 0 spiro atoms. The van der Waals surface area contributed by atoms with Crippen molar-refractivity contribution in [3.63, 3.8) is 0 Å². The molecule has 0 saturated carbocycles. The van der Waals surface area contributed by atoms with Crippen molar-refractivity contribution >= 4 is 21.8 Å². The normalized spacial score (nSPS) is 16.3. The topological polar surface area (TPSA) is 83.6 Å². The quantitative estimate of drug-likeness (QED) is 0.856. The first-order chi connectivity index (χ1) is 12.7. The number of benzene rings is 2. The molecule has 1 atom stereocenters. The third-order valence-electron chi connectivity index (χ3n) is 4.68. The number of hydrogen-bond acceptors (Lipinski definition) is 4. The number of amides is 2. The van der Waals surface area contributed by atoms with Gasteiger partial charge < -0.3 is 5.32 Å². The van der Waals surface area contributed by atoms with Gasteiger partial charge in [-0.05, 0) is 36.1 Å². The zero-order valence-electron chi connectivity index (χ0n) is 15.5. The molecular formula is C20H22N2O4S. The molecule has 2 aromatic carbocycles. The molecule has 3 rings (SSSR count). The van der Waals surface area contributed by atoms with E-state index >= 15 is 0 Å². The molecule has 1 heterocycles. The van der Waals surface area contributed by atoms with Crippen molar-refractivity contribution in [3.05, 3.63) is 65.2 Å². The van der Waals surface area contributed by atoms with Gasteiger partial charge in [-0.15, -0.1) is 0 Å². The Kier molecular flexibility index (Phi) is 5.06. The lowest BCUT2D eigenvalue weighted by Gasteiger charge is -2.19. The van der Waals surface area contributed by atoms with Crippen LogP contribution in [0.3, 0.4) is 0 Å². The number of sulfonamides is 1. The van der Waals surface area contributed by atoms with Crippen molar-refractivity contribution < 1.29 is 18.0 Å². The van der Waals surface area contributed by atoms with Crippen LogP contribution in [-0.2, 0) is 14.8 Å². The van der Waals surface area contributed by atoms with E-state index in [4.69, 9.17) is 0 Å². The first-order valence-electron chi connectivity index (χ1n) is 8.77. The second-order valence-electron chi connectivity index (χ2n) is 6.92. The molecule has 1 unspecified atom stereocenters. The highest BCUT2D eigenvalue weighted by Crippen LogP contribution is 2.29. The fourth-order valence-electron chi connectivity index (χ4n) is 3.06. The molecule has 0 bridgehead atoms. The minimum absolute atomic E-state index is 0.0554. The highest BCUT2D eigenvalue weighted by atomic mass is 32.2. The van der Waals surface area contributed by atoms with E-state index in [1.807, 2.05) is 31.2 Å². The smallest absolute Gasteiger partial charge is 0.269 e. The molecule has 142 valence electrons. The number of carbonyl (C=O) groups is 2. The maximum Gasteiger partial charge on any atom is 0.269 e. The van der Waals surface area contributed by atoms with Crippen LogP contribution in [0, 0.1) is 0 Å². The zero-order valence-corrected chi connectivity index (χ0v) is 16.3. The first-order valence-corrected chi connectivity index (χ1v) is 10.2. The lowest BCUT2D eigenvalue weighted by Crippen LogP contribution is -2.41. The summed E-state index contributed by atoms with van der Waals surface area (Å²) in [5, 5.41) is 2.76. The first kappa shape index (κ1) is 19.1. The summed E-state index contributed by atoms with van der Waals surface area (Å²) in [7, 11) is -3.98. The van der Waals surface area contributed by atoms with Crippen LogP contribution < -0.4 is 5.32 Å². The molecule has 7 heteroatoms. The van der Waals surface area contributed by atoms with E-state index in [1.54, 1.807) is 12.1 Å². The van der Waals surface area contributed by atoms with Crippen LogP contribution >= 0.6 is 0 Å². The molecule has 2 aromatic rings. The summed E-state index contributed by atoms with van der Waals surface area (Å²) in [6, 6.07) is 13.6. The summed E-state index contributed by atoms with van der Waals surface area (Å²) in [4.78, 5) is 24.7. The zero-order chi connectivity index (χ0) is 19.8. The molecule has 6 nitrogen and oxygen atoms in total. The van der Waals surface area contributed by atoms with E-state index in [2.05, 4.69) is 19.2 Å². The van der Waals surface area contributed by atoms with Gasteiger partial charge in [-0.2, -0.15) is 0 Å². The molecule has 1 aliphatic heterocycles. The van der Waals surface area contributed by atoms with Crippen LogP contribution in [0.5, 0.6) is 0 Å². The molecule has 27 heavy (non-hydrogen) atoms. The van der Waals surface area contributed by atoms with Crippen LogP contribution in [0.4, 0.5) is 0 Å². The number of carbonyl (C=O) groups excluding carboxylic acids is 2. The Morgan fingerprint density at radius 3 is 2.19 bits per heavy atom. The van der Waals surface area contributed by atoms with Gasteiger partial charge in [0, 0.05) is 0 Å². The van der Waals surface area contributed by atoms with Gasteiger partial charge in [0.1, 0.15) is 11.4 Å². The fourth-order valence-corrected chi connectivity index (χ4v) is 4.58. The van der Waals surface area contributed by atoms with Crippen molar-refractivity contribution in [2.24, 2.45) is 0 Å². The highest BCUT2D eigenvalue weighted by molar-refractivity contribution is 7.90.